The molecule has 2 N–H and O–H groups in total. The van der Waals surface area contributed by atoms with E-state index in [1.54, 1.807) is 6.07 Å². The topological polar surface area (TPSA) is 41.1 Å². The molecule has 1 unspecified atom stereocenters. The molecule has 0 aliphatic heterocycles. The number of benzene rings is 1. The molecule has 0 aromatic heterocycles. The van der Waals surface area contributed by atoms with Crippen LogP contribution < -0.4 is 10.6 Å². The molecule has 0 bridgehead atoms. The summed E-state index contributed by atoms with van der Waals surface area (Å²) in [7, 11) is 0. The first kappa shape index (κ1) is 11.3. The number of halogens is 1. The fourth-order valence-electron chi connectivity index (χ4n) is 1.43. The molecule has 86 valence electrons. The van der Waals surface area contributed by atoms with Gasteiger partial charge in [-0.3, -0.25) is 4.79 Å². The molecule has 16 heavy (non-hydrogen) atoms. The molecule has 3 nitrogen and oxygen atoms in total. The molecule has 1 amide bonds. The van der Waals surface area contributed by atoms with Crippen molar-refractivity contribution in [1.29, 1.82) is 0 Å². The minimum atomic E-state index is -0.263. The summed E-state index contributed by atoms with van der Waals surface area (Å²) in [5, 5.41) is 6.68. The Labute approximate surface area is 100 Å². The summed E-state index contributed by atoms with van der Waals surface area (Å²) < 4.78 is 0. The molecule has 1 aliphatic carbocycles. The average Bonchev–Trinajstić information content (AvgIpc) is 3.05. The predicted molar refractivity (Wildman–Crippen MR) is 65.7 cm³/mol. The van der Waals surface area contributed by atoms with Crippen LogP contribution in [-0.4, -0.2) is 18.0 Å². The Hall–Kier alpha value is -1.22. The van der Waals surface area contributed by atoms with Crippen LogP contribution in [0.2, 0.25) is 5.02 Å². The van der Waals surface area contributed by atoms with Gasteiger partial charge in [0.25, 0.3) is 0 Å². The lowest BCUT2D eigenvalue weighted by Crippen LogP contribution is -2.38. The molecule has 1 fully saturated rings. The number of hydrogen-bond acceptors (Lipinski definition) is 2. The van der Waals surface area contributed by atoms with E-state index >= 15 is 0 Å². The third-order valence-electron chi connectivity index (χ3n) is 2.56. The van der Waals surface area contributed by atoms with Crippen LogP contribution in [0.5, 0.6) is 0 Å². The van der Waals surface area contributed by atoms with E-state index in [1.165, 1.54) is 0 Å². The summed E-state index contributed by atoms with van der Waals surface area (Å²) >= 11 is 6.00. The van der Waals surface area contributed by atoms with Crippen molar-refractivity contribution in [3.8, 4) is 0 Å². The monoisotopic (exact) mass is 238 g/mol. The van der Waals surface area contributed by atoms with Crippen molar-refractivity contribution < 1.29 is 4.79 Å². The van der Waals surface area contributed by atoms with Gasteiger partial charge in [-0.25, -0.2) is 0 Å². The maximum absolute atomic E-state index is 11.7. The summed E-state index contributed by atoms with van der Waals surface area (Å²) in [6, 6.07) is 7.55. The Morgan fingerprint density at radius 1 is 1.44 bits per heavy atom. The van der Waals surface area contributed by atoms with Crippen molar-refractivity contribution in [3.63, 3.8) is 0 Å². The Kier molecular flexibility index (Phi) is 3.34. The van der Waals surface area contributed by atoms with Crippen molar-refractivity contribution in [2.75, 3.05) is 5.32 Å². The molecule has 1 aliphatic rings. The maximum Gasteiger partial charge on any atom is 0.242 e. The number of para-hydroxylation sites is 1. The molecule has 1 aromatic rings. The summed E-state index contributed by atoms with van der Waals surface area (Å²) in [6.45, 7) is 1.83. The molecule has 0 radical (unpaired) electrons. The molecule has 2 rings (SSSR count). The molecular formula is C12H15ClN2O. The van der Waals surface area contributed by atoms with Gasteiger partial charge in [-0.15, -0.1) is 0 Å². The van der Waals surface area contributed by atoms with Gasteiger partial charge in [-0.05, 0) is 31.9 Å². The van der Waals surface area contributed by atoms with E-state index in [-0.39, 0.29) is 11.9 Å². The first-order valence-corrected chi connectivity index (χ1v) is 5.86. The minimum Gasteiger partial charge on any atom is -0.373 e. The number of nitrogens with one attached hydrogen (secondary N) is 2. The molecule has 4 heteroatoms. The Morgan fingerprint density at radius 2 is 2.12 bits per heavy atom. The molecule has 1 atom stereocenters. The summed E-state index contributed by atoms with van der Waals surface area (Å²) in [4.78, 5) is 11.7. The quantitative estimate of drug-likeness (QED) is 0.846. The van der Waals surface area contributed by atoms with Crippen LogP contribution in [0.4, 0.5) is 5.69 Å². The van der Waals surface area contributed by atoms with Crippen molar-refractivity contribution in [2.45, 2.75) is 31.8 Å². The Morgan fingerprint density at radius 3 is 2.75 bits per heavy atom. The highest BCUT2D eigenvalue weighted by Crippen LogP contribution is 2.22. The second-order valence-electron chi connectivity index (χ2n) is 4.13. The predicted octanol–water partition coefficient (Wildman–Crippen LogP) is 2.42. The zero-order valence-corrected chi connectivity index (χ0v) is 9.92. The average molecular weight is 239 g/mol. The number of anilines is 1. The van der Waals surface area contributed by atoms with Gasteiger partial charge in [0, 0.05) is 6.04 Å². The fraction of sp³-hybridized carbons (Fsp3) is 0.417. The first-order chi connectivity index (χ1) is 7.66. The van der Waals surface area contributed by atoms with Crippen LogP contribution in [0.1, 0.15) is 19.8 Å². The van der Waals surface area contributed by atoms with Crippen LogP contribution in [0.15, 0.2) is 24.3 Å². The zero-order chi connectivity index (χ0) is 11.5. The van der Waals surface area contributed by atoms with Crippen molar-refractivity contribution in [2.24, 2.45) is 0 Å². The van der Waals surface area contributed by atoms with Crippen molar-refractivity contribution in [1.82, 2.24) is 5.32 Å². The van der Waals surface area contributed by atoms with Crippen molar-refractivity contribution in [3.05, 3.63) is 29.3 Å². The summed E-state index contributed by atoms with van der Waals surface area (Å²) in [5.74, 6) is 0.0300. The number of amides is 1. The molecule has 1 aromatic carbocycles. The van der Waals surface area contributed by atoms with E-state index < -0.39 is 0 Å². The largest absolute Gasteiger partial charge is 0.373 e. The zero-order valence-electron chi connectivity index (χ0n) is 9.16. The van der Waals surface area contributed by atoms with E-state index in [0.717, 1.165) is 18.5 Å². The van der Waals surface area contributed by atoms with Gasteiger partial charge >= 0.3 is 0 Å². The Balaban J connectivity index is 1.92. The van der Waals surface area contributed by atoms with Gasteiger partial charge in [0.1, 0.15) is 6.04 Å². The van der Waals surface area contributed by atoms with E-state index in [0.29, 0.717) is 11.1 Å². The standard InChI is InChI=1S/C12H15ClN2O/c1-8(12(16)15-9-6-7-9)14-11-5-3-2-4-10(11)13/h2-5,8-9,14H,6-7H2,1H3,(H,15,16). The molecule has 0 spiro atoms. The van der Waals surface area contributed by atoms with E-state index in [9.17, 15) is 4.79 Å². The van der Waals surface area contributed by atoms with Crippen molar-refractivity contribution >= 4 is 23.2 Å². The fourth-order valence-corrected chi connectivity index (χ4v) is 1.62. The number of rotatable bonds is 4. The summed E-state index contributed by atoms with van der Waals surface area (Å²) in [5.41, 5.74) is 0.794. The Bertz CT molecular complexity index is 390. The van der Waals surface area contributed by atoms with Gasteiger partial charge in [-0.2, -0.15) is 0 Å². The molecule has 0 heterocycles. The van der Waals surface area contributed by atoms with Crippen LogP contribution in [0.25, 0.3) is 0 Å². The van der Waals surface area contributed by atoms with Gasteiger partial charge < -0.3 is 10.6 Å². The van der Waals surface area contributed by atoms with E-state index in [1.807, 2.05) is 25.1 Å². The van der Waals surface area contributed by atoms with Gasteiger partial charge in [0.05, 0.1) is 10.7 Å². The lowest BCUT2D eigenvalue weighted by Gasteiger charge is -2.15. The second kappa shape index (κ2) is 4.74. The van der Waals surface area contributed by atoms with Gasteiger partial charge in [-0.1, -0.05) is 23.7 Å². The molecular weight excluding hydrogens is 224 g/mol. The molecule has 0 saturated heterocycles. The summed E-state index contributed by atoms with van der Waals surface area (Å²) in [6.07, 6.45) is 2.20. The lowest BCUT2D eigenvalue weighted by atomic mass is 10.2. The van der Waals surface area contributed by atoms with E-state index in [2.05, 4.69) is 10.6 Å². The lowest BCUT2D eigenvalue weighted by molar-refractivity contribution is -0.121. The SMILES string of the molecule is CC(Nc1ccccc1Cl)C(=O)NC1CC1. The van der Waals surface area contributed by atoms with E-state index in [4.69, 9.17) is 11.6 Å². The van der Waals surface area contributed by atoms with Crippen LogP contribution in [-0.2, 0) is 4.79 Å². The highest BCUT2D eigenvalue weighted by Gasteiger charge is 2.25. The van der Waals surface area contributed by atoms with Crippen LogP contribution in [0.3, 0.4) is 0 Å². The van der Waals surface area contributed by atoms with Crippen LogP contribution in [0, 0.1) is 0 Å². The number of hydrogen-bond donors (Lipinski definition) is 2. The normalized spacial score (nSPS) is 16.6. The third-order valence-corrected chi connectivity index (χ3v) is 2.89. The smallest absolute Gasteiger partial charge is 0.242 e. The highest BCUT2D eigenvalue weighted by molar-refractivity contribution is 6.33. The number of carbonyl (C=O) groups is 1. The minimum absolute atomic E-state index is 0.0300. The second-order valence-corrected chi connectivity index (χ2v) is 4.54. The number of carbonyl (C=O) groups excluding carboxylic acids is 1. The third kappa shape index (κ3) is 2.89. The molecule has 1 saturated carbocycles. The maximum atomic E-state index is 11.7. The van der Waals surface area contributed by atoms with Gasteiger partial charge in [0.2, 0.25) is 5.91 Å². The van der Waals surface area contributed by atoms with Crippen LogP contribution >= 0.6 is 11.6 Å². The van der Waals surface area contributed by atoms with Gasteiger partial charge in [0.15, 0.2) is 0 Å². The first-order valence-electron chi connectivity index (χ1n) is 5.48. The highest BCUT2D eigenvalue weighted by atomic mass is 35.5.